The van der Waals surface area contributed by atoms with Crippen molar-refractivity contribution in [2.45, 2.75) is 36.8 Å². The van der Waals surface area contributed by atoms with Crippen LogP contribution in [-0.4, -0.2) is 44.8 Å². The van der Waals surface area contributed by atoms with Crippen LogP contribution in [0.15, 0.2) is 65.1 Å². The van der Waals surface area contributed by atoms with Crippen molar-refractivity contribution in [1.82, 2.24) is 24.6 Å². The lowest BCUT2D eigenvalue weighted by molar-refractivity contribution is 0.316. The van der Waals surface area contributed by atoms with E-state index in [2.05, 4.69) is 61.4 Å². The third-order valence-electron chi connectivity index (χ3n) is 5.76. The number of benzene rings is 2. The molecule has 4 aromatic rings. The molecule has 2 aromatic carbocycles. The van der Waals surface area contributed by atoms with Gasteiger partial charge in [-0.15, -0.1) is 21.5 Å². The van der Waals surface area contributed by atoms with E-state index in [0.717, 1.165) is 64.9 Å². The Hall–Kier alpha value is -2.68. The third-order valence-corrected chi connectivity index (χ3v) is 7.70. The topological polar surface area (TPSA) is 56.1 Å². The van der Waals surface area contributed by atoms with E-state index in [-0.39, 0.29) is 0 Å². The van der Waals surface area contributed by atoms with Gasteiger partial charge in [0.15, 0.2) is 5.16 Å². The summed E-state index contributed by atoms with van der Waals surface area (Å²) in [7, 11) is 1.69. The van der Waals surface area contributed by atoms with Crippen LogP contribution >= 0.6 is 23.1 Å². The Morgan fingerprint density at radius 1 is 1.00 bits per heavy atom. The SMILES string of the molecule is COc1cccc(-c2nc(CSc3nnc(CN4CCCC4)n3Cc3ccccc3)cs2)c1. The molecule has 5 rings (SSSR count). The normalized spacial score (nSPS) is 14.1. The molecule has 0 N–H and O–H groups in total. The summed E-state index contributed by atoms with van der Waals surface area (Å²) >= 11 is 3.37. The van der Waals surface area contributed by atoms with Gasteiger partial charge in [0.1, 0.15) is 16.6 Å². The van der Waals surface area contributed by atoms with Gasteiger partial charge in [0.25, 0.3) is 0 Å². The average Bonchev–Trinajstić information content (AvgIpc) is 3.62. The first-order valence-electron chi connectivity index (χ1n) is 11.2. The van der Waals surface area contributed by atoms with Crippen molar-refractivity contribution >= 4 is 23.1 Å². The molecule has 1 aliphatic rings. The lowest BCUT2D eigenvalue weighted by Gasteiger charge is -2.16. The van der Waals surface area contributed by atoms with Crippen LogP contribution in [0.4, 0.5) is 0 Å². The predicted octanol–water partition coefficient (Wildman–Crippen LogP) is 5.35. The van der Waals surface area contributed by atoms with Gasteiger partial charge in [0.05, 0.1) is 25.9 Å². The molecule has 6 nitrogen and oxygen atoms in total. The maximum atomic E-state index is 5.35. The van der Waals surface area contributed by atoms with Gasteiger partial charge in [-0.05, 0) is 43.6 Å². The zero-order valence-corrected chi connectivity index (χ0v) is 20.3. The van der Waals surface area contributed by atoms with Crippen LogP contribution in [0.2, 0.25) is 0 Å². The fourth-order valence-electron chi connectivity index (χ4n) is 4.01. The highest BCUT2D eigenvalue weighted by molar-refractivity contribution is 7.98. The molecule has 2 aromatic heterocycles. The maximum Gasteiger partial charge on any atom is 0.191 e. The molecule has 0 aliphatic carbocycles. The highest BCUT2D eigenvalue weighted by atomic mass is 32.2. The first-order valence-corrected chi connectivity index (χ1v) is 13.0. The molecule has 0 radical (unpaired) electrons. The highest BCUT2D eigenvalue weighted by Gasteiger charge is 2.19. The number of rotatable bonds is 9. The number of ether oxygens (including phenoxy) is 1. The second-order valence-electron chi connectivity index (χ2n) is 8.12. The fraction of sp³-hybridized carbons (Fsp3) is 0.320. The van der Waals surface area contributed by atoms with Gasteiger partial charge < -0.3 is 9.30 Å². The van der Waals surface area contributed by atoms with Crippen molar-refractivity contribution in [1.29, 1.82) is 0 Å². The van der Waals surface area contributed by atoms with Crippen molar-refractivity contribution < 1.29 is 4.74 Å². The first kappa shape index (κ1) is 22.1. The Morgan fingerprint density at radius 3 is 2.67 bits per heavy atom. The molecule has 1 saturated heterocycles. The van der Waals surface area contributed by atoms with Crippen LogP contribution in [0.5, 0.6) is 5.75 Å². The summed E-state index contributed by atoms with van der Waals surface area (Å²) in [5.41, 5.74) is 3.39. The molecular weight excluding hydrogens is 450 g/mol. The zero-order chi connectivity index (χ0) is 22.5. The lowest BCUT2D eigenvalue weighted by Crippen LogP contribution is -2.21. The van der Waals surface area contributed by atoms with Crippen LogP contribution in [0, 0.1) is 0 Å². The minimum atomic E-state index is 0.761. The van der Waals surface area contributed by atoms with Gasteiger partial charge in [-0.25, -0.2) is 4.98 Å². The molecule has 0 bridgehead atoms. The van der Waals surface area contributed by atoms with E-state index in [0.29, 0.717) is 0 Å². The third kappa shape index (κ3) is 5.46. The molecule has 8 heteroatoms. The van der Waals surface area contributed by atoms with E-state index in [1.165, 1.54) is 18.4 Å². The van der Waals surface area contributed by atoms with E-state index >= 15 is 0 Å². The molecule has 33 heavy (non-hydrogen) atoms. The number of thiazole rings is 1. The van der Waals surface area contributed by atoms with Gasteiger partial charge in [0.2, 0.25) is 0 Å². The standard InChI is InChI=1S/C25H27N5OS2/c1-31-22-11-7-10-20(14-22)24-26-21(17-32-24)18-33-25-28-27-23(16-29-12-5-6-13-29)30(25)15-19-8-3-2-4-9-19/h2-4,7-11,14,17H,5-6,12-13,15-16,18H2,1H3. The number of methoxy groups -OCH3 is 1. The minimum Gasteiger partial charge on any atom is -0.497 e. The molecular formula is C25H27N5OS2. The van der Waals surface area contributed by atoms with E-state index in [9.17, 15) is 0 Å². The van der Waals surface area contributed by atoms with E-state index in [4.69, 9.17) is 9.72 Å². The van der Waals surface area contributed by atoms with Gasteiger partial charge in [-0.2, -0.15) is 0 Å². The summed E-state index contributed by atoms with van der Waals surface area (Å²) in [6.07, 6.45) is 2.54. The van der Waals surface area contributed by atoms with Crippen molar-refractivity contribution in [2.24, 2.45) is 0 Å². The molecule has 3 heterocycles. The van der Waals surface area contributed by atoms with Crippen molar-refractivity contribution in [2.75, 3.05) is 20.2 Å². The van der Waals surface area contributed by atoms with E-state index in [1.54, 1.807) is 30.2 Å². The Balaban J connectivity index is 1.32. The van der Waals surface area contributed by atoms with Crippen molar-refractivity contribution in [3.05, 3.63) is 77.1 Å². The van der Waals surface area contributed by atoms with Gasteiger partial charge in [-0.1, -0.05) is 54.2 Å². The smallest absolute Gasteiger partial charge is 0.191 e. The maximum absolute atomic E-state index is 5.35. The average molecular weight is 478 g/mol. The van der Waals surface area contributed by atoms with Crippen LogP contribution in [0.1, 0.15) is 29.9 Å². The molecule has 0 atom stereocenters. The van der Waals surface area contributed by atoms with E-state index < -0.39 is 0 Å². The monoisotopic (exact) mass is 477 g/mol. The Kier molecular flexibility index (Phi) is 7.04. The minimum absolute atomic E-state index is 0.761. The number of thioether (sulfide) groups is 1. The number of likely N-dealkylation sites (tertiary alicyclic amines) is 1. The first-order chi connectivity index (χ1) is 16.3. The number of hydrogen-bond donors (Lipinski definition) is 0. The lowest BCUT2D eigenvalue weighted by atomic mass is 10.2. The van der Waals surface area contributed by atoms with Crippen molar-refractivity contribution in [3.63, 3.8) is 0 Å². The molecule has 1 aliphatic heterocycles. The molecule has 0 unspecified atom stereocenters. The van der Waals surface area contributed by atoms with Crippen LogP contribution in [0.3, 0.4) is 0 Å². The molecule has 1 fully saturated rings. The molecule has 0 spiro atoms. The van der Waals surface area contributed by atoms with Gasteiger partial charge in [-0.3, -0.25) is 4.90 Å². The van der Waals surface area contributed by atoms with Crippen molar-refractivity contribution in [3.8, 4) is 16.3 Å². The van der Waals surface area contributed by atoms with Crippen LogP contribution in [-0.2, 0) is 18.8 Å². The summed E-state index contributed by atoms with van der Waals surface area (Å²) in [4.78, 5) is 7.32. The summed E-state index contributed by atoms with van der Waals surface area (Å²) in [5, 5.41) is 13.2. The number of hydrogen-bond acceptors (Lipinski definition) is 7. The summed E-state index contributed by atoms with van der Waals surface area (Å²) in [6, 6.07) is 18.6. The van der Waals surface area contributed by atoms with Gasteiger partial charge >= 0.3 is 0 Å². The molecule has 0 amide bonds. The fourth-order valence-corrected chi connectivity index (χ4v) is 5.78. The van der Waals surface area contributed by atoms with Crippen LogP contribution in [0.25, 0.3) is 10.6 Å². The second-order valence-corrected chi connectivity index (χ2v) is 9.92. The Morgan fingerprint density at radius 2 is 1.85 bits per heavy atom. The molecule has 170 valence electrons. The number of aromatic nitrogens is 4. The highest BCUT2D eigenvalue weighted by Crippen LogP contribution is 2.30. The quantitative estimate of drug-likeness (QED) is 0.303. The predicted molar refractivity (Wildman–Crippen MR) is 134 cm³/mol. The van der Waals surface area contributed by atoms with Gasteiger partial charge in [0, 0.05) is 16.7 Å². The van der Waals surface area contributed by atoms with Crippen LogP contribution < -0.4 is 4.74 Å². The second kappa shape index (κ2) is 10.5. The summed E-state index contributed by atoms with van der Waals surface area (Å²) < 4.78 is 7.62. The summed E-state index contributed by atoms with van der Waals surface area (Å²) in [6.45, 7) is 3.93. The Labute approximate surface area is 202 Å². The Bertz CT molecular complexity index is 1180. The number of nitrogens with zero attached hydrogens (tertiary/aromatic N) is 5. The zero-order valence-electron chi connectivity index (χ0n) is 18.7. The summed E-state index contributed by atoms with van der Waals surface area (Å²) in [5.74, 6) is 2.65. The largest absolute Gasteiger partial charge is 0.497 e. The molecule has 0 saturated carbocycles. The van der Waals surface area contributed by atoms with E-state index in [1.807, 2.05) is 18.2 Å².